The monoisotopic (exact) mass is 261 g/mol. The van der Waals surface area contributed by atoms with Crippen LogP contribution in [0.5, 0.6) is 0 Å². The Morgan fingerprint density at radius 1 is 1.00 bits per heavy atom. The molecular weight excluding hydrogens is 234 g/mol. The molecule has 1 aromatic rings. The van der Waals surface area contributed by atoms with E-state index >= 15 is 0 Å². The molecule has 0 spiro atoms. The van der Waals surface area contributed by atoms with Gasteiger partial charge in [0.1, 0.15) is 0 Å². The van der Waals surface area contributed by atoms with E-state index in [4.69, 9.17) is 0 Å². The van der Waals surface area contributed by atoms with E-state index in [1.165, 1.54) is 5.56 Å². The van der Waals surface area contributed by atoms with Gasteiger partial charge >= 0.3 is 0 Å². The molecule has 0 aromatic heterocycles. The Kier molecular flexibility index (Phi) is 4.92. The highest BCUT2D eigenvalue weighted by molar-refractivity contribution is 5.85. The quantitative estimate of drug-likeness (QED) is 0.819. The minimum absolute atomic E-state index is 0.0171. The van der Waals surface area contributed by atoms with Gasteiger partial charge in [-0.2, -0.15) is 0 Å². The second kappa shape index (κ2) is 5.87. The molecule has 0 saturated heterocycles. The number of Topliss-reactive ketones (excluding diaryl/α,β-unsaturated/α-hetero) is 1. The lowest BCUT2D eigenvalue weighted by Crippen LogP contribution is -2.46. The topological polar surface area (TPSA) is 20.3 Å². The lowest BCUT2D eigenvalue weighted by Gasteiger charge is -2.36. The number of carbonyl (C=O) groups excluding carboxylic acids is 1. The minimum Gasteiger partial charge on any atom is -0.298 e. The molecule has 0 aliphatic carbocycles. The summed E-state index contributed by atoms with van der Waals surface area (Å²) in [7, 11) is 0. The molecule has 0 N–H and O–H groups in total. The van der Waals surface area contributed by atoms with E-state index in [2.05, 4.69) is 37.8 Å². The molecular formula is C17H27NO. The summed E-state index contributed by atoms with van der Waals surface area (Å²) in [5.74, 6) is 0.290. The second-order valence-corrected chi connectivity index (χ2v) is 7.19. The smallest absolute Gasteiger partial charge is 0.152 e. The fraction of sp³-hybridized carbons (Fsp3) is 0.588. The lowest BCUT2D eigenvalue weighted by molar-refractivity contribution is -0.129. The summed E-state index contributed by atoms with van der Waals surface area (Å²) in [5.41, 5.74) is 0.954. The zero-order valence-electron chi connectivity index (χ0n) is 13.2. The van der Waals surface area contributed by atoms with Crippen molar-refractivity contribution < 1.29 is 4.79 Å². The SMILES string of the molecule is CC(C)(C)C(=O)CN(Cc1ccccc1)C(C)(C)C. The molecule has 19 heavy (non-hydrogen) atoms. The number of benzene rings is 1. The standard InChI is InChI=1S/C17H27NO/c1-16(2,3)15(19)13-18(17(4,5)6)12-14-10-8-7-9-11-14/h7-11H,12-13H2,1-6H3. The third-order valence-electron chi connectivity index (χ3n) is 3.34. The van der Waals surface area contributed by atoms with Crippen molar-refractivity contribution in [2.45, 2.75) is 53.6 Å². The molecule has 0 saturated carbocycles. The Morgan fingerprint density at radius 2 is 1.53 bits per heavy atom. The molecule has 0 aliphatic heterocycles. The van der Waals surface area contributed by atoms with Crippen molar-refractivity contribution in [1.82, 2.24) is 4.90 Å². The first-order chi connectivity index (χ1) is 8.60. The van der Waals surface area contributed by atoms with Gasteiger partial charge in [0.05, 0.1) is 6.54 Å². The maximum atomic E-state index is 12.3. The average molecular weight is 261 g/mol. The summed E-state index contributed by atoms with van der Waals surface area (Å²) in [4.78, 5) is 14.5. The van der Waals surface area contributed by atoms with Crippen molar-refractivity contribution in [2.75, 3.05) is 6.54 Å². The van der Waals surface area contributed by atoms with Crippen molar-refractivity contribution in [3.8, 4) is 0 Å². The maximum absolute atomic E-state index is 12.3. The van der Waals surface area contributed by atoms with E-state index in [1.807, 2.05) is 39.0 Å². The number of ketones is 1. The second-order valence-electron chi connectivity index (χ2n) is 7.19. The van der Waals surface area contributed by atoms with E-state index in [0.29, 0.717) is 12.3 Å². The highest BCUT2D eigenvalue weighted by Crippen LogP contribution is 2.21. The van der Waals surface area contributed by atoms with E-state index in [-0.39, 0.29) is 11.0 Å². The van der Waals surface area contributed by atoms with Crippen LogP contribution in [-0.4, -0.2) is 22.8 Å². The molecule has 0 bridgehead atoms. The number of rotatable bonds is 4. The summed E-state index contributed by atoms with van der Waals surface area (Å²) in [6.07, 6.45) is 0. The zero-order valence-corrected chi connectivity index (χ0v) is 13.2. The molecule has 0 heterocycles. The first-order valence-electron chi connectivity index (χ1n) is 6.93. The predicted octanol–water partition coefficient (Wildman–Crippen LogP) is 3.90. The van der Waals surface area contributed by atoms with Crippen molar-refractivity contribution >= 4 is 5.78 Å². The highest BCUT2D eigenvalue weighted by atomic mass is 16.1. The molecule has 1 aromatic carbocycles. The zero-order chi connectivity index (χ0) is 14.7. The van der Waals surface area contributed by atoms with E-state index in [1.54, 1.807) is 0 Å². The van der Waals surface area contributed by atoms with Crippen LogP contribution in [0, 0.1) is 5.41 Å². The Labute approximate surface area is 117 Å². The highest BCUT2D eigenvalue weighted by Gasteiger charge is 2.28. The van der Waals surface area contributed by atoms with Gasteiger partial charge < -0.3 is 0 Å². The van der Waals surface area contributed by atoms with Crippen LogP contribution in [0.25, 0.3) is 0 Å². The summed E-state index contributed by atoms with van der Waals surface area (Å²) >= 11 is 0. The summed E-state index contributed by atoms with van der Waals surface area (Å²) in [6.45, 7) is 13.7. The van der Waals surface area contributed by atoms with Crippen LogP contribution in [0.1, 0.15) is 47.1 Å². The average Bonchev–Trinajstić information content (AvgIpc) is 2.27. The molecule has 2 nitrogen and oxygen atoms in total. The number of nitrogens with zero attached hydrogens (tertiary/aromatic N) is 1. The van der Waals surface area contributed by atoms with Crippen LogP contribution in [0.4, 0.5) is 0 Å². The number of hydrogen-bond donors (Lipinski definition) is 0. The Bertz CT molecular complexity index is 409. The van der Waals surface area contributed by atoms with Gasteiger partial charge in [-0.3, -0.25) is 9.69 Å². The van der Waals surface area contributed by atoms with Crippen LogP contribution in [0.2, 0.25) is 0 Å². The van der Waals surface area contributed by atoms with Gasteiger partial charge in [0, 0.05) is 17.5 Å². The van der Waals surface area contributed by atoms with Crippen LogP contribution in [0.3, 0.4) is 0 Å². The van der Waals surface area contributed by atoms with E-state index < -0.39 is 0 Å². The number of hydrogen-bond acceptors (Lipinski definition) is 2. The van der Waals surface area contributed by atoms with Crippen LogP contribution >= 0.6 is 0 Å². The summed E-state index contributed by atoms with van der Waals surface area (Å²) in [6, 6.07) is 10.3. The third kappa shape index (κ3) is 5.15. The first-order valence-corrected chi connectivity index (χ1v) is 6.93. The van der Waals surface area contributed by atoms with Crippen molar-refractivity contribution in [3.63, 3.8) is 0 Å². The van der Waals surface area contributed by atoms with Gasteiger partial charge in [-0.25, -0.2) is 0 Å². The lowest BCUT2D eigenvalue weighted by atomic mass is 9.89. The maximum Gasteiger partial charge on any atom is 0.152 e. The Hall–Kier alpha value is -1.15. The molecule has 0 radical (unpaired) electrons. The van der Waals surface area contributed by atoms with Crippen molar-refractivity contribution in [1.29, 1.82) is 0 Å². The fourth-order valence-electron chi connectivity index (χ4n) is 1.74. The van der Waals surface area contributed by atoms with Gasteiger partial charge in [0.2, 0.25) is 0 Å². The van der Waals surface area contributed by atoms with Gasteiger partial charge in [0.25, 0.3) is 0 Å². The molecule has 0 atom stereocenters. The van der Waals surface area contributed by atoms with Crippen molar-refractivity contribution in [3.05, 3.63) is 35.9 Å². The van der Waals surface area contributed by atoms with Gasteiger partial charge in [0.15, 0.2) is 5.78 Å². The largest absolute Gasteiger partial charge is 0.298 e. The van der Waals surface area contributed by atoms with Crippen LogP contribution in [0.15, 0.2) is 30.3 Å². The molecule has 0 amide bonds. The third-order valence-corrected chi connectivity index (χ3v) is 3.34. The van der Waals surface area contributed by atoms with Gasteiger partial charge in [-0.1, -0.05) is 51.1 Å². The minimum atomic E-state index is -0.278. The van der Waals surface area contributed by atoms with E-state index in [0.717, 1.165) is 6.54 Å². The number of carbonyl (C=O) groups is 1. The Balaban J connectivity index is 2.83. The fourth-order valence-corrected chi connectivity index (χ4v) is 1.74. The molecule has 1 rings (SSSR count). The summed E-state index contributed by atoms with van der Waals surface area (Å²) in [5, 5.41) is 0. The van der Waals surface area contributed by atoms with Crippen LogP contribution in [-0.2, 0) is 11.3 Å². The molecule has 0 fully saturated rings. The predicted molar refractivity (Wildman–Crippen MR) is 81.1 cm³/mol. The first kappa shape index (κ1) is 15.9. The van der Waals surface area contributed by atoms with Gasteiger partial charge in [-0.15, -0.1) is 0 Å². The Morgan fingerprint density at radius 3 is 1.95 bits per heavy atom. The molecule has 0 aliphatic rings. The van der Waals surface area contributed by atoms with Crippen molar-refractivity contribution in [2.24, 2.45) is 5.41 Å². The summed E-state index contributed by atoms with van der Waals surface area (Å²) < 4.78 is 0. The normalized spacial score (nSPS) is 12.8. The van der Waals surface area contributed by atoms with E-state index in [9.17, 15) is 4.79 Å². The molecule has 0 unspecified atom stereocenters. The molecule has 2 heteroatoms. The van der Waals surface area contributed by atoms with Gasteiger partial charge in [-0.05, 0) is 26.3 Å². The van der Waals surface area contributed by atoms with Crippen LogP contribution < -0.4 is 0 Å². The molecule has 106 valence electrons.